The van der Waals surface area contributed by atoms with E-state index in [1.807, 2.05) is 14.0 Å². The van der Waals surface area contributed by atoms with Crippen molar-refractivity contribution in [3.63, 3.8) is 0 Å². The van der Waals surface area contributed by atoms with Crippen molar-refractivity contribution in [3.8, 4) is 0 Å². The summed E-state index contributed by atoms with van der Waals surface area (Å²) in [6, 6.07) is 0. The molecule has 1 rings (SSSR count). The summed E-state index contributed by atoms with van der Waals surface area (Å²) in [6.45, 7) is 5.10. The zero-order valence-corrected chi connectivity index (χ0v) is 11.7. The summed E-state index contributed by atoms with van der Waals surface area (Å²) in [4.78, 5) is 25.2. The highest BCUT2D eigenvalue weighted by atomic mass is 16.2. The smallest absolute Gasteiger partial charge is 0.230 e. The molecule has 0 saturated heterocycles. The van der Waals surface area contributed by atoms with Gasteiger partial charge in [0.1, 0.15) is 5.78 Å². The van der Waals surface area contributed by atoms with E-state index >= 15 is 0 Å². The monoisotopic (exact) mass is 252 g/mol. The van der Waals surface area contributed by atoms with Crippen LogP contribution in [0.3, 0.4) is 0 Å². The molecule has 1 amide bonds. The number of amides is 1. The van der Waals surface area contributed by atoms with Gasteiger partial charge in [-0.05, 0) is 40.2 Å². The second kappa shape index (κ2) is 7.31. The fraction of sp³-hybridized carbons (Fsp3) is 0.714. The fourth-order valence-electron chi connectivity index (χ4n) is 2.46. The van der Waals surface area contributed by atoms with Crippen LogP contribution in [-0.4, -0.2) is 43.3 Å². The molecule has 0 aromatic rings. The summed E-state index contributed by atoms with van der Waals surface area (Å²) in [7, 11) is 1.90. The number of hydrogen-bond donors (Lipinski definition) is 1. The van der Waals surface area contributed by atoms with Gasteiger partial charge in [0, 0.05) is 13.1 Å². The molecule has 0 aromatic heterocycles. The molecule has 1 fully saturated rings. The maximum Gasteiger partial charge on any atom is 0.230 e. The first-order chi connectivity index (χ1) is 8.60. The van der Waals surface area contributed by atoms with E-state index in [0.29, 0.717) is 6.54 Å². The van der Waals surface area contributed by atoms with Crippen LogP contribution in [0.1, 0.15) is 33.1 Å². The zero-order valence-electron chi connectivity index (χ0n) is 11.7. The van der Waals surface area contributed by atoms with Crippen molar-refractivity contribution in [1.82, 2.24) is 10.2 Å². The van der Waals surface area contributed by atoms with Gasteiger partial charge in [0.05, 0.1) is 12.5 Å². The van der Waals surface area contributed by atoms with Crippen LogP contribution in [0.2, 0.25) is 0 Å². The topological polar surface area (TPSA) is 49.4 Å². The molecular weight excluding hydrogens is 228 g/mol. The van der Waals surface area contributed by atoms with E-state index in [2.05, 4.69) is 11.4 Å². The van der Waals surface area contributed by atoms with Crippen LogP contribution in [0.25, 0.3) is 0 Å². The van der Waals surface area contributed by atoms with E-state index in [-0.39, 0.29) is 24.2 Å². The third-order valence-corrected chi connectivity index (χ3v) is 3.38. The molecule has 0 bridgehead atoms. The number of hydrogen-bond acceptors (Lipinski definition) is 3. The number of nitrogens with zero attached hydrogens (tertiary/aromatic N) is 1. The molecule has 0 aromatic carbocycles. The highest BCUT2D eigenvalue weighted by molar-refractivity contribution is 5.87. The average Bonchev–Trinajstić information content (AvgIpc) is 2.80. The summed E-state index contributed by atoms with van der Waals surface area (Å²) in [5, 5.41) is 3.07. The Morgan fingerprint density at radius 3 is 2.78 bits per heavy atom. The lowest BCUT2D eigenvalue weighted by atomic mass is 10.0. The molecule has 0 heterocycles. The van der Waals surface area contributed by atoms with Gasteiger partial charge in [-0.15, -0.1) is 0 Å². The van der Waals surface area contributed by atoms with Crippen molar-refractivity contribution in [2.75, 3.05) is 26.7 Å². The quantitative estimate of drug-likeness (QED) is 0.726. The van der Waals surface area contributed by atoms with E-state index in [9.17, 15) is 9.59 Å². The van der Waals surface area contributed by atoms with Crippen molar-refractivity contribution in [1.29, 1.82) is 0 Å². The van der Waals surface area contributed by atoms with Gasteiger partial charge < -0.3 is 10.2 Å². The summed E-state index contributed by atoms with van der Waals surface area (Å²) >= 11 is 0. The Hall–Kier alpha value is -1.16. The van der Waals surface area contributed by atoms with Crippen LogP contribution in [0.4, 0.5) is 0 Å². The Morgan fingerprint density at radius 2 is 2.22 bits per heavy atom. The molecule has 1 atom stereocenters. The van der Waals surface area contributed by atoms with Crippen molar-refractivity contribution in [2.45, 2.75) is 33.1 Å². The molecule has 1 N–H and O–H groups in total. The van der Waals surface area contributed by atoms with Gasteiger partial charge in [-0.1, -0.05) is 11.6 Å². The predicted octanol–water partition coefficient (Wildman–Crippen LogP) is 1.37. The Bertz CT molecular complexity index is 337. The van der Waals surface area contributed by atoms with E-state index in [1.165, 1.54) is 12.5 Å². The standard InChI is InChI=1S/C14H24N2O2/c1-4-16(10-11(2)17)14(18)13-7-5-6-12(13)8-9-15-3/h8,13,15H,4-7,9-10H2,1-3H3/b12-8+/t13-/m0/s1. The Labute approximate surface area is 109 Å². The molecule has 0 aliphatic heterocycles. The number of carbonyl (C=O) groups excluding carboxylic acids is 2. The van der Waals surface area contributed by atoms with Gasteiger partial charge in [-0.25, -0.2) is 0 Å². The minimum atomic E-state index is -0.00218. The van der Waals surface area contributed by atoms with Gasteiger partial charge in [-0.3, -0.25) is 9.59 Å². The number of Topliss-reactive ketones (excluding diaryl/α,β-unsaturated/α-hetero) is 1. The van der Waals surface area contributed by atoms with Gasteiger partial charge >= 0.3 is 0 Å². The third kappa shape index (κ3) is 3.95. The molecule has 4 heteroatoms. The van der Waals surface area contributed by atoms with Crippen LogP contribution in [0.15, 0.2) is 11.6 Å². The van der Waals surface area contributed by atoms with Gasteiger partial charge in [0.2, 0.25) is 5.91 Å². The summed E-state index contributed by atoms with van der Waals surface area (Å²) < 4.78 is 0. The minimum Gasteiger partial charge on any atom is -0.335 e. The highest BCUT2D eigenvalue weighted by Gasteiger charge is 2.30. The molecule has 0 spiro atoms. The van der Waals surface area contributed by atoms with Gasteiger partial charge in [0.15, 0.2) is 0 Å². The molecule has 1 aliphatic carbocycles. The first-order valence-corrected chi connectivity index (χ1v) is 6.71. The van der Waals surface area contributed by atoms with Crippen LogP contribution >= 0.6 is 0 Å². The molecule has 0 unspecified atom stereocenters. The minimum absolute atomic E-state index is 0.00218. The second-order valence-corrected chi connectivity index (χ2v) is 4.84. The zero-order chi connectivity index (χ0) is 13.5. The normalized spacial score (nSPS) is 21.3. The van der Waals surface area contributed by atoms with Crippen molar-refractivity contribution < 1.29 is 9.59 Å². The molecular formula is C14H24N2O2. The van der Waals surface area contributed by atoms with E-state index in [4.69, 9.17) is 0 Å². The van der Waals surface area contributed by atoms with E-state index in [1.54, 1.807) is 4.90 Å². The van der Waals surface area contributed by atoms with Crippen molar-refractivity contribution in [2.24, 2.45) is 5.92 Å². The molecule has 102 valence electrons. The number of ketones is 1. The average molecular weight is 252 g/mol. The fourth-order valence-corrected chi connectivity index (χ4v) is 2.46. The SMILES string of the molecule is CCN(CC(C)=O)C(=O)[C@H]1CCC/C1=C\CNC. The number of nitrogens with one attached hydrogen (secondary N) is 1. The molecule has 1 saturated carbocycles. The lowest BCUT2D eigenvalue weighted by Gasteiger charge is -2.24. The first-order valence-electron chi connectivity index (χ1n) is 6.71. The van der Waals surface area contributed by atoms with Crippen LogP contribution in [0, 0.1) is 5.92 Å². The Kier molecular flexibility index (Phi) is 6.05. The number of rotatable bonds is 6. The first kappa shape index (κ1) is 14.9. The van der Waals surface area contributed by atoms with Crippen molar-refractivity contribution >= 4 is 11.7 Å². The molecule has 18 heavy (non-hydrogen) atoms. The maximum absolute atomic E-state index is 12.4. The second-order valence-electron chi connectivity index (χ2n) is 4.84. The summed E-state index contributed by atoms with van der Waals surface area (Å²) in [5.41, 5.74) is 1.23. The van der Waals surface area contributed by atoms with E-state index < -0.39 is 0 Å². The van der Waals surface area contributed by atoms with Gasteiger partial charge in [0.25, 0.3) is 0 Å². The van der Waals surface area contributed by atoms with Crippen molar-refractivity contribution in [3.05, 3.63) is 11.6 Å². The Morgan fingerprint density at radius 1 is 1.50 bits per heavy atom. The lowest BCUT2D eigenvalue weighted by Crippen LogP contribution is -2.38. The van der Waals surface area contributed by atoms with E-state index in [0.717, 1.165) is 25.8 Å². The molecule has 0 radical (unpaired) electrons. The molecule has 1 aliphatic rings. The van der Waals surface area contributed by atoms with Crippen LogP contribution in [0.5, 0.6) is 0 Å². The Balaban J connectivity index is 2.71. The highest BCUT2D eigenvalue weighted by Crippen LogP contribution is 2.32. The summed E-state index contributed by atoms with van der Waals surface area (Å²) in [5.74, 6) is 0.161. The van der Waals surface area contributed by atoms with Gasteiger partial charge in [-0.2, -0.15) is 0 Å². The summed E-state index contributed by atoms with van der Waals surface area (Å²) in [6.07, 6.45) is 5.12. The maximum atomic E-state index is 12.4. The largest absolute Gasteiger partial charge is 0.335 e. The van der Waals surface area contributed by atoms with Crippen LogP contribution < -0.4 is 5.32 Å². The molecule has 4 nitrogen and oxygen atoms in total. The third-order valence-electron chi connectivity index (χ3n) is 3.38. The lowest BCUT2D eigenvalue weighted by molar-refractivity contribution is -0.137. The number of likely N-dealkylation sites (N-methyl/N-ethyl adjacent to an activating group) is 2. The van der Waals surface area contributed by atoms with Crippen LogP contribution in [-0.2, 0) is 9.59 Å². The predicted molar refractivity (Wildman–Crippen MR) is 72.3 cm³/mol. The number of carbonyl (C=O) groups is 2.